The molecule has 0 aliphatic rings. The molecule has 0 saturated heterocycles. The summed E-state index contributed by atoms with van der Waals surface area (Å²) in [7, 11) is 0. The molecule has 0 aliphatic heterocycles. The molecule has 0 saturated carbocycles. The van der Waals surface area contributed by atoms with E-state index in [-0.39, 0.29) is 6.61 Å². The Kier molecular flexibility index (Phi) is 2.47. The number of rotatable bonds is 3. The van der Waals surface area contributed by atoms with E-state index in [0.29, 0.717) is 23.8 Å². The molecule has 0 spiro atoms. The molecular formula is C10H13N3O2. The summed E-state index contributed by atoms with van der Waals surface area (Å²) in [6.45, 7) is 2.35. The molecule has 0 atom stereocenters. The van der Waals surface area contributed by atoms with Crippen molar-refractivity contribution >= 4 is 22.8 Å². The zero-order valence-corrected chi connectivity index (χ0v) is 8.45. The molecular weight excluding hydrogens is 194 g/mol. The van der Waals surface area contributed by atoms with Crippen LogP contribution < -0.4 is 11.1 Å². The van der Waals surface area contributed by atoms with Gasteiger partial charge in [-0.25, -0.2) is 0 Å². The number of benzene rings is 1. The molecule has 5 heteroatoms. The van der Waals surface area contributed by atoms with Crippen LogP contribution >= 0.6 is 0 Å². The van der Waals surface area contributed by atoms with E-state index in [1.165, 1.54) is 0 Å². The number of hydrogen-bond donors (Lipinski definition) is 3. The first-order valence-electron chi connectivity index (χ1n) is 4.72. The number of anilines is 2. The molecule has 2 aromatic rings. The van der Waals surface area contributed by atoms with Crippen molar-refractivity contribution in [3.05, 3.63) is 17.7 Å². The van der Waals surface area contributed by atoms with Crippen LogP contribution in [0.4, 0.5) is 11.7 Å². The van der Waals surface area contributed by atoms with E-state index in [4.69, 9.17) is 15.3 Å². The summed E-state index contributed by atoms with van der Waals surface area (Å²) in [5, 5.41) is 11.5. The summed E-state index contributed by atoms with van der Waals surface area (Å²) >= 11 is 0. The van der Waals surface area contributed by atoms with Crippen molar-refractivity contribution in [2.75, 3.05) is 24.2 Å². The molecule has 2 rings (SSSR count). The second kappa shape index (κ2) is 3.78. The molecule has 1 heterocycles. The number of aliphatic hydroxyl groups is 1. The third-order valence-corrected chi connectivity index (χ3v) is 2.24. The van der Waals surface area contributed by atoms with Crippen LogP contribution in [0, 0.1) is 6.92 Å². The molecule has 4 N–H and O–H groups in total. The molecule has 0 unspecified atom stereocenters. The van der Waals surface area contributed by atoms with E-state index in [9.17, 15) is 0 Å². The predicted molar refractivity (Wildman–Crippen MR) is 58.7 cm³/mol. The van der Waals surface area contributed by atoms with Crippen LogP contribution in [0.1, 0.15) is 5.56 Å². The fraction of sp³-hybridized carbons (Fsp3) is 0.300. The Morgan fingerprint density at radius 3 is 3.07 bits per heavy atom. The number of nitrogens with two attached hydrogens (primary N) is 1. The normalized spacial score (nSPS) is 10.8. The largest absolute Gasteiger partial charge is 0.423 e. The fourth-order valence-corrected chi connectivity index (χ4v) is 1.38. The quantitative estimate of drug-likeness (QED) is 0.657. The highest BCUT2D eigenvalue weighted by Crippen LogP contribution is 2.25. The molecule has 5 nitrogen and oxygen atoms in total. The van der Waals surface area contributed by atoms with Gasteiger partial charge in [-0.1, -0.05) is 0 Å². The summed E-state index contributed by atoms with van der Waals surface area (Å²) in [6.07, 6.45) is 0. The first kappa shape index (κ1) is 9.79. The molecule has 1 aromatic heterocycles. The number of oxazole rings is 1. The summed E-state index contributed by atoms with van der Waals surface area (Å²) in [4.78, 5) is 4.21. The summed E-state index contributed by atoms with van der Waals surface area (Å²) in [5.41, 5.74) is 8.78. The number of aliphatic hydroxyl groups excluding tert-OH is 1. The third kappa shape index (κ3) is 1.73. The van der Waals surface area contributed by atoms with E-state index in [1.807, 2.05) is 13.0 Å². The highest BCUT2D eigenvalue weighted by molar-refractivity contribution is 5.82. The Morgan fingerprint density at radius 2 is 2.33 bits per heavy atom. The van der Waals surface area contributed by atoms with Crippen LogP contribution in [-0.2, 0) is 0 Å². The summed E-state index contributed by atoms with van der Waals surface area (Å²) < 4.78 is 5.47. The van der Waals surface area contributed by atoms with Crippen molar-refractivity contribution in [2.45, 2.75) is 6.92 Å². The maximum absolute atomic E-state index is 8.65. The zero-order chi connectivity index (χ0) is 10.8. The number of aryl methyl sites for hydroxylation is 1. The second-order valence-corrected chi connectivity index (χ2v) is 3.30. The van der Waals surface area contributed by atoms with Crippen molar-refractivity contribution in [3.63, 3.8) is 0 Å². The first-order chi connectivity index (χ1) is 7.22. The van der Waals surface area contributed by atoms with E-state index in [2.05, 4.69) is 10.3 Å². The number of aromatic nitrogens is 1. The van der Waals surface area contributed by atoms with Crippen molar-refractivity contribution in [2.24, 2.45) is 0 Å². The van der Waals surface area contributed by atoms with Crippen molar-refractivity contribution < 1.29 is 9.52 Å². The standard InChI is InChI=1S/C10H13N3O2/c1-6-7(11)2-3-8-9(6)15-10(13-8)12-4-5-14/h2-3,14H,4-5,11H2,1H3,(H,12,13). The number of nitrogens with one attached hydrogen (secondary N) is 1. The molecule has 1 aromatic carbocycles. The highest BCUT2D eigenvalue weighted by Gasteiger charge is 2.08. The Hall–Kier alpha value is -1.75. The Morgan fingerprint density at radius 1 is 1.53 bits per heavy atom. The van der Waals surface area contributed by atoms with Gasteiger partial charge in [-0.3, -0.25) is 0 Å². The minimum absolute atomic E-state index is 0.0415. The number of nitrogen functional groups attached to an aromatic ring is 1. The van der Waals surface area contributed by atoms with Crippen LogP contribution in [0.5, 0.6) is 0 Å². The smallest absolute Gasteiger partial charge is 0.295 e. The first-order valence-corrected chi connectivity index (χ1v) is 4.72. The fourth-order valence-electron chi connectivity index (χ4n) is 1.38. The summed E-state index contributed by atoms with van der Waals surface area (Å²) in [5.74, 6) is 0. The van der Waals surface area contributed by atoms with Crippen molar-refractivity contribution in [1.82, 2.24) is 4.98 Å². The molecule has 0 radical (unpaired) electrons. The molecule has 0 amide bonds. The minimum Gasteiger partial charge on any atom is -0.423 e. The number of fused-ring (bicyclic) bond motifs is 1. The lowest BCUT2D eigenvalue weighted by atomic mass is 10.2. The third-order valence-electron chi connectivity index (χ3n) is 2.24. The number of hydrogen-bond acceptors (Lipinski definition) is 5. The van der Waals surface area contributed by atoms with Gasteiger partial charge in [0.1, 0.15) is 5.52 Å². The lowest BCUT2D eigenvalue weighted by Crippen LogP contribution is -2.05. The van der Waals surface area contributed by atoms with Gasteiger partial charge in [0.05, 0.1) is 6.61 Å². The SMILES string of the molecule is Cc1c(N)ccc2nc(NCCO)oc12. The van der Waals surface area contributed by atoms with Gasteiger partial charge in [0.2, 0.25) is 0 Å². The predicted octanol–water partition coefficient (Wildman–Crippen LogP) is 1.12. The minimum atomic E-state index is 0.0415. The van der Waals surface area contributed by atoms with Crippen LogP contribution in [-0.4, -0.2) is 23.2 Å². The van der Waals surface area contributed by atoms with E-state index < -0.39 is 0 Å². The Balaban J connectivity index is 2.42. The highest BCUT2D eigenvalue weighted by atomic mass is 16.4. The van der Waals surface area contributed by atoms with E-state index in [1.54, 1.807) is 6.07 Å². The van der Waals surface area contributed by atoms with Gasteiger partial charge < -0.3 is 20.6 Å². The van der Waals surface area contributed by atoms with Crippen LogP contribution in [0.3, 0.4) is 0 Å². The van der Waals surface area contributed by atoms with Crippen molar-refractivity contribution in [3.8, 4) is 0 Å². The zero-order valence-electron chi connectivity index (χ0n) is 8.45. The lowest BCUT2D eigenvalue weighted by molar-refractivity contribution is 0.310. The Labute approximate surface area is 86.9 Å². The van der Waals surface area contributed by atoms with Crippen LogP contribution in [0.15, 0.2) is 16.5 Å². The van der Waals surface area contributed by atoms with Gasteiger partial charge in [0.15, 0.2) is 5.58 Å². The van der Waals surface area contributed by atoms with Gasteiger partial charge in [0.25, 0.3) is 6.01 Å². The molecule has 0 bridgehead atoms. The van der Waals surface area contributed by atoms with Crippen LogP contribution in [0.2, 0.25) is 0 Å². The van der Waals surface area contributed by atoms with Gasteiger partial charge in [-0.15, -0.1) is 0 Å². The molecule has 0 aliphatic carbocycles. The molecule has 0 fully saturated rings. The lowest BCUT2D eigenvalue weighted by Gasteiger charge is -1.97. The number of nitrogens with zero attached hydrogens (tertiary/aromatic N) is 1. The topological polar surface area (TPSA) is 84.3 Å². The molecule has 80 valence electrons. The second-order valence-electron chi connectivity index (χ2n) is 3.30. The van der Waals surface area contributed by atoms with Gasteiger partial charge >= 0.3 is 0 Å². The maximum Gasteiger partial charge on any atom is 0.295 e. The average Bonchev–Trinajstić information content (AvgIpc) is 2.64. The van der Waals surface area contributed by atoms with E-state index in [0.717, 1.165) is 11.1 Å². The maximum atomic E-state index is 8.65. The van der Waals surface area contributed by atoms with Crippen LogP contribution in [0.25, 0.3) is 11.1 Å². The van der Waals surface area contributed by atoms with Gasteiger partial charge in [-0.2, -0.15) is 4.98 Å². The van der Waals surface area contributed by atoms with E-state index >= 15 is 0 Å². The Bertz CT molecular complexity index is 479. The monoisotopic (exact) mass is 207 g/mol. The molecule has 15 heavy (non-hydrogen) atoms. The average molecular weight is 207 g/mol. The van der Waals surface area contributed by atoms with Crippen molar-refractivity contribution in [1.29, 1.82) is 0 Å². The van der Waals surface area contributed by atoms with Gasteiger partial charge in [0, 0.05) is 17.8 Å². The van der Waals surface area contributed by atoms with Gasteiger partial charge in [-0.05, 0) is 19.1 Å². The summed E-state index contributed by atoms with van der Waals surface area (Å²) in [6, 6.07) is 4.02.